The SMILES string of the molecule is CNC(=O)c1ccc(C)c(C#N)c1.CNC(=O)c1ccc(C)c(I)c1. The number of hydrogen-bond acceptors (Lipinski definition) is 3. The van der Waals surface area contributed by atoms with Crippen LogP contribution in [0, 0.1) is 28.7 Å². The fraction of sp³-hybridized carbons (Fsp3) is 0.211. The number of aryl methyl sites for hydroxylation is 2. The van der Waals surface area contributed by atoms with Crippen LogP contribution in [0.1, 0.15) is 37.4 Å². The second-order valence-electron chi connectivity index (χ2n) is 5.26. The summed E-state index contributed by atoms with van der Waals surface area (Å²) in [6.07, 6.45) is 0. The van der Waals surface area contributed by atoms with E-state index in [2.05, 4.69) is 33.2 Å². The molecule has 25 heavy (non-hydrogen) atoms. The normalized spacial score (nSPS) is 9.28. The van der Waals surface area contributed by atoms with Crippen LogP contribution in [-0.2, 0) is 0 Å². The highest BCUT2D eigenvalue weighted by molar-refractivity contribution is 14.1. The minimum Gasteiger partial charge on any atom is -0.355 e. The molecule has 0 aromatic heterocycles. The first kappa shape index (κ1) is 20.6. The zero-order chi connectivity index (χ0) is 19.0. The summed E-state index contributed by atoms with van der Waals surface area (Å²) in [6.45, 7) is 3.86. The molecule has 0 unspecified atom stereocenters. The van der Waals surface area contributed by atoms with E-state index in [4.69, 9.17) is 5.26 Å². The van der Waals surface area contributed by atoms with Gasteiger partial charge in [-0.1, -0.05) is 12.1 Å². The van der Waals surface area contributed by atoms with Gasteiger partial charge in [0, 0.05) is 28.8 Å². The number of halogens is 1. The first-order valence-corrected chi connectivity index (χ1v) is 8.63. The highest BCUT2D eigenvalue weighted by Crippen LogP contribution is 2.13. The van der Waals surface area contributed by atoms with E-state index in [1.165, 1.54) is 5.56 Å². The molecule has 0 fully saturated rings. The molecule has 2 N–H and O–H groups in total. The molecule has 130 valence electrons. The van der Waals surface area contributed by atoms with E-state index in [-0.39, 0.29) is 11.8 Å². The van der Waals surface area contributed by atoms with Crippen molar-refractivity contribution in [3.05, 3.63) is 67.8 Å². The lowest BCUT2D eigenvalue weighted by molar-refractivity contribution is 0.0955. The second-order valence-corrected chi connectivity index (χ2v) is 6.43. The van der Waals surface area contributed by atoms with Crippen molar-refractivity contribution in [2.45, 2.75) is 13.8 Å². The first-order chi connectivity index (χ1) is 11.8. The topological polar surface area (TPSA) is 82.0 Å². The van der Waals surface area contributed by atoms with Crippen molar-refractivity contribution in [3.8, 4) is 6.07 Å². The van der Waals surface area contributed by atoms with Gasteiger partial charge in [-0.3, -0.25) is 9.59 Å². The standard InChI is InChI=1S/C10H10N2O.C9H10INO/c1-7-3-4-8(10(13)12-2)5-9(7)6-11;1-6-3-4-7(5-8(6)10)9(12)11-2/h3-5H,1-2H3,(H,12,13);3-5H,1-2H3,(H,11,12). The van der Waals surface area contributed by atoms with Crippen LogP contribution in [0.2, 0.25) is 0 Å². The maximum Gasteiger partial charge on any atom is 0.251 e. The Morgan fingerprint density at radius 2 is 1.40 bits per heavy atom. The highest BCUT2D eigenvalue weighted by Gasteiger charge is 2.05. The molecule has 5 nitrogen and oxygen atoms in total. The third-order valence-corrected chi connectivity index (χ3v) is 4.67. The molecule has 2 aromatic rings. The van der Waals surface area contributed by atoms with Gasteiger partial charge in [-0.05, 0) is 71.8 Å². The molecule has 2 rings (SSSR count). The van der Waals surface area contributed by atoms with Gasteiger partial charge in [0.05, 0.1) is 11.6 Å². The van der Waals surface area contributed by atoms with Crippen LogP contribution in [-0.4, -0.2) is 25.9 Å². The summed E-state index contributed by atoms with van der Waals surface area (Å²) in [4.78, 5) is 22.3. The Bertz CT molecular complexity index is 826. The van der Waals surface area contributed by atoms with Crippen molar-refractivity contribution < 1.29 is 9.59 Å². The van der Waals surface area contributed by atoms with Crippen molar-refractivity contribution in [2.24, 2.45) is 0 Å². The molecule has 0 saturated heterocycles. The van der Waals surface area contributed by atoms with Crippen LogP contribution < -0.4 is 10.6 Å². The average molecular weight is 449 g/mol. The van der Waals surface area contributed by atoms with E-state index in [1.54, 1.807) is 32.3 Å². The Kier molecular flexibility index (Phi) is 8.08. The molecular formula is C19H20IN3O2. The second kappa shape index (κ2) is 9.79. The quantitative estimate of drug-likeness (QED) is 0.692. The van der Waals surface area contributed by atoms with Crippen molar-refractivity contribution >= 4 is 34.4 Å². The molecule has 0 heterocycles. The Balaban J connectivity index is 0.000000251. The maximum absolute atomic E-state index is 11.2. The smallest absolute Gasteiger partial charge is 0.251 e. The fourth-order valence-corrected chi connectivity index (χ4v) is 2.42. The average Bonchev–Trinajstić information content (AvgIpc) is 2.63. The van der Waals surface area contributed by atoms with Crippen molar-refractivity contribution in [1.29, 1.82) is 5.26 Å². The molecule has 0 aliphatic heterocycles. The molecule has 0 saturated carbocycles. The summed E-state index contributed by atoms with van der Waals surface area (Å²) < 4.78 is 1.12. The first-order valence-electron chi connectivity index (χ1n) is 7.55. The predicted octanol–water partition coefficient (Wildman–Crippen LogP) is 3.19. The van der Waals surface area contributed by atoms with Gasteiger partial charge in [0.1, 0.15) is 0 Å². The lowest BCUT2D eigenvalue weighted by atomic mass is 10.1. The van der Waals surface area contributed by atoms with Crippen LogP contribution in [0.15, 0.2) is 36.4 Å². The summed E-state index contributed by atoms with van der Waals surface area (Å²) in [7, 11) is 3.20. The van der Waals surface area contributed by atoms with Gasteiger partial charge in [-0.15, -0.1) is 0 Å². The van der Waals surface area contributed by atoms with Crippen molar-refractivity contribution in [1.82, 2.24) is 10.6 Å². The number of hydrogen-bond donors (Lipinski definition) is 2. The van der Waals surface area contributed by atoms with Crippen molar-refractivity contribution in [3.63, 3.8) is 0 Å². The number of carbonyl (C=O) groups is 2. The van der Waals surface area contributed by atoms with E-state index in [1.807, 2.05) is 38.1 Å². The molecule has 0 bridgehead atoms. The molecule has 0 radical (unpaired) electrons. The molecule has 0 atom stereocenters. The van der Waals surface area contributed by atoms with Crippen LogP contribution in [0.4, 0.5) is 0 Å². The summed E-state index contributed by atoms with van der Waals surface area (Å²) in [5.41, 5.74) is 3.86. The lowest BCUT2D eigenvalue weighted by Crippen LogP contribution is -2.17. The van der Waals surface area contributed by atoms with Gasteiger partial charge in [0.2, 0.25) is 0 Å². The Morgan fingerprint density at radius 1 is 0.920 bits per heavy atom. The molecule has 2 aromatic carbocycles. The van der Waals surface area contributed by atoms with Gasteiger partial charge in [-0.2, -0.15) is 5.26 Å². The third kappa shape index (κ3) is 5.87. The largest absolute Gasteiger partial charge is 0.355 e. The van der Waals surface area contributed by atoms with Gasteiger partial charge in [-0.25, -0.2) is 0 Å². The Hall–Kier alpha value is -2.40. The molecule has 6 heteroatoms. The molecule has 0 aliphatic carbocycles. The van der Waals surface area contributed by atoms with E-state index in [9.17, 15) is 9.59 Å². The number of nitrogens with zero attached hydrogens (tertiary/aromatic N) is 1. The van der Waals surface area contributed by atoms with Gasteiger partial charge in [0.15, 0.2) is 0 Å². The number of nitrogens with one attached hydrogen (secondary N) is 2. The number of benzene rings is 2. The van der Waals surface area contributed by atoms with Gasteiger partial charge in [0.25, 0.3) is 11.8 Å². The highest BCUT2D eigenvalue weighted by atomic mass is 127. The van der Waals surface area contributed by atoms with Gasteiger partial charge < -0.3 is 10.6 Å². The minimum absolute atomic E-state index is 0.0343. The third-order valence-electron chi connectivity index (χ3n) is 3.51. The van der Waals surface area contributed by atoms with Gasteiger partial charge >= 0.3 is 0 Å². The molecule has 2 amide bonds. The fourth-order valence-electron chi connectivity index (χ4n) is 1.91. The number of carbonyl (C=O) groups excluding carboxylic acids is 2. The summed E-state index contributed by atoms with van der Waals surface area (Å²) in [5, 5.41) is 13.8. The summed E-state index contributed by atoms with van der Waals surface area (Å²) in [5.74, 6) is -0.204. The zero-order valence-corrected chi connectivity index (χ0v) is 16.8. The number of amides is 2. The van der Waals surface area contributed by atoms with E-state index in [0.29, 0.717) is 16.7 Å². The predicted molar refractivity (Wildman–Crippen MR) is 107 cm³/mol. The molecule has 0 spiro atoms. The zero-order valence-electron chi connectivity index (χ0n) is 14.6. The lowest BCUT2D eigenvalue weighted by Gasteiger charge is -2.01. The molecule has 0 aliphatic rings. The van der Waals surface area contributed by atoms with Crippen LogP contribution in [0.25, 0.3) is 0 Å². The minimum atomic E-state index is -0.170. The van der Waals surface area contributed by atoms with Crippen LogP contribution in [0.5, 0.6) is 0 Å². The Morgan fingerprint density at radius 3 is 1.84 bits per heavy atom. The number of nitriles is 1. The van der Waals surface area contributed by atoms with Crippen molar-refractivity contribution in [2.75, 3.05) is 14.1 Å². The van der Waals surface area contributed by atoms with E-state index >= 15 is 0 Å². The van der Waals surface area contributed by atoms with Crippen LogP contribution in [0.3, 0.4) is 0 Å². The monoisotopic (exact) mass is 449 g/mol. The summed E-state index contributed by atoms with van der Waals surface area (Å²) in [6, 6.07) is 12.8. The Labute approximate surface area is 161 Å². The van der Waals surface area contributed by atoms with E-state index in [0.717, 1.165) is 9.13 Å². The maximum atomic E-state index is 11.2. The number of rotatable bonds is 2. The van der Waals surface area contributed by atoms with Crippen LogP contribution >= 0.6 is 22.6 Å². The van der Waals surface area contributed by atoms with E-state index < -0.39 is 0 Å². The summed E-state index contributed by atoms with van der Waals surface area (Å²) >= 11 is 2.22. The molecular weight excluding hydrogens is 429 g/mol.